The van der Waals surface area contributed by atoms with Crippen molar-refractivity contribution in [3.8, 4) is 0 Å². The highest BCUT2D eigenvalue weighted by atomic mass is 35.5. The molecule has 0 aromatic heterocycles. The first-order valence-corrected chi connectivity index (χ1v) is 1.06. The van der Waals surface area contributed by atoms with E-state index in [0.29, 0.717) is 0 Å². The normalized spacial score (nSPS) is 3.25. The lowest BCUT2D eigenvalue weighted by molar-refractivity contribution is 2.63. The smallest absolute Gasteiger partial charge is 0.00296 e. The maximum absolute atomic E-state index is 4.76. The first-order valence-electron chi connectivity index (χ1n) is 0.626. The molecule has 0 unspecified atom stereocenters. The van der Waals surface area contributed by atoms with Crippen molar-refractivity contribution in [2.45, 2.75) is 0 Å². The van der Waals surface area contributed by atoms with Crippen LogP contribution in [0.15, 0.2) is 12.1 Å². The van der Waals surface area contributed by atoms with Gasteiger partial charge in [0.05, 0.1) is 0 Å². The van der Waals surface area contributed by atoms with Gasteiger partial charge in [0.25, 0.3) is 0 Å². The van der Waals surface area contributed by atoms with Crippen LogP contribution in [0.2, 0.25) is 0 Å². The Labute approximate surface area is 35.5 Å². The molecule has 0 rings (SSSR count). The molecule has 0 spiro atoms. The molecule has 0 atom stereocenters. The van der Waals surface area contributed by atoms with E-state index in [1.807, 2.05) is 0 Å². The van der Waals surface area contributed by atoms with Crippen LogP contribution in [0.1, 0.15) is 0 Å². The van der Waals surface area contributed by atoms with Gasteiger partial charge in [-0.05, 0) is 16.5 Å². The molecule has 0 saturated carbocycles. The molecule has 0 aromatic rings. The minimum atomic E-state index is 0. The molecule has 4 heavy (non-hydrogen) atoms. The summed E-state index contributed by atoms with van der Waals surface area (Å²) < 4.78 is 0. The summed E-state index contributed by atoms with van der Waals surface area (Å²) in [6.45, 7) is 3.13. The van der Waals surface area contributed by atoms with Crippen LogP contribution in [0.5, 0.6) is 0 Å². The highest BCUT2D eigenvalue weighted by Gasteiger charge is 1.18. The average molecular weight is 94.6 g/mol. The van der Waals surface area contributed by atoms with Crippen LogP contribution in [0.4, 0.5) is 0 Å². The molecule has 0 bridgehead atoms. The zero-order valence-electron chi connectivity index (χ0n) is 1.66. The van der Waals surface area contributed by atoms with Crippen molar-refractivity contribution in [3.63, 3.8) is 0 Å². The van der Waals surface area contributed by atoms with E-state index in [1.54, 1.807) is 0 Å². The Morgan fingerprint density at radius 1 is 1.75 bits per heavy atom. The minimum absolute atomic E-state index is 0. The minimum Gasteiger partial charge on any atom is -0.0936 e. The Morgan fingerprint density at radius 2 is 1.75 bits per heavy atom. The Hall–Kier alpha value is 0.247. The molecule has 0 N–H and O–H groups in total. The molecule has 2 heteroatoms. The molecule has 0 aliphatic heterocycles. The van der Waals surface area contributed by atoms with Crippen molar-refractivity contribution in [1.82, 2.24) is 0 Å². The Morgan fingerprint density at radius 3 is 1.75 bits per heavy atom. The fourth-order valence-corrected chi connectivity index (χ4v) is 0. The monoisotopic (exact) mass is 94.0 g/mol. The molecular weight excluding hydrogens is 87.6 g/mol. The second-order valence-corrected chi connectivity index (χ2v) is 0.463. The first-order chi connectivity index (χ1) is 1.41. The van der Waals surface area contributed by atoms with Crippen molar-refractivity contribution in [2.75, 3.05) is 0 Å². The molecular formula is C2H7ClSi. The summed E-state index contributed by atoms with van der Waals surface area (Å²) in [5.74, 6) is 0. The summed E-state index contributed by atoms with van der Waals surface area (Å²) in [6.07, 6.45) is 0. The topological polar surface area (TPSA) is 0 Å². The maximum Gasteiger partial charge on any atom is -0.00296 e. The van der Waals surface area contributed by atoms with Gasteiger partial charge in [0, 0.05) is 0 Å². The quantitative estimate of drug-likeness (QED) is 0.369. The van der Waals surface area contributed by atoms with Crippen molar-refractivity contribution >= 4 is 22.6 Å². The van der Waals surface area contributed by atoms with Gasteiger partial charge in [0.15, 0.2) is 0 Å². The van der Waals surface area contributed by atoms with E-state index in [2.05, 4.69) is 6.58 Å². The third kappa shape index (κ3) is 57.3. The molecule has 0 aromatic carbocycles. The lowest BCUT2D eigenvalue weighted by Crippen LogP contribution is -0.926. The van der Waals surface area contributed by atoms with Crippen molar-refractivity contribution in [3.05, 3.63) is 12.1 Å². The lowest BCUT2D eigenvalue weighted by Gasteiger charge is -1.27. The number of hydrogen-bond donors (Lipinski definition) is 0. The highest BCUT2D eigenvalue weighted by Crippen LogP contribution is 1.60. The van der Waals surface area contributed by atoms with E-state index in [9.17, 15) is 0 Å². The van der Waals surface area contributed by atoms with Gasteiger partial charge in [-0.3, -0.25) is 0 Å². The summed E-state index contributed by atoms with van der Waals surface area (Å²) in [7, 11) is 0. The molecule has 0 amide bonds. The summed E-state index contributed by atoms with van der Waals surface area (Å²) in [6, 6.07) is 0. The molecule has 0 nitrogen and oxygen atoms in total. The zero-order valence-corrected chi connectivity index (χ0v) is 2.42. The Bertz CT molecular complexity index is 13.5. The molecule has 0 aliphatic carbocycles. The Kier molecular flexibility index (Phi) is 23.4. The van der Waals surface area contributed by atoms with Crippen LogP contribution in [-0.2, 0) is 0 Å². The number of rotatable bonds is 0. The van der Waals surface area contributed by atoms with Gasteiger partial charge >= 0.3 is 0 Å². The zero-order chi connectivity index (χ0) is 2.71. The van der Waals surface area contributed by atoms with Crippen LogP contribution in [0.3, 0.4) is 0 Å². The van der Waals surface area contributed by atoms with Gasteiger partial charge in [0.2, 0.25) is 0 Å². The van der Waals surface area contributed by atoms with Crippen LogP contribution in [-0.4, -0.2) is 11.0 Å². The molecule has 26 valence electrons. The predicted octanol–water partition coefficient (Wildman–Crippen LogP) is -0.0829. The first kappa shape index (κ1) is 8.87. The van der Waals surface area contributed by atoms with Crippen LogP contribution in [0.25, 0.3) is 0 Å². The van der Waals surface area contributed by atoms with Crippen molar-refractivity contribution < 1.29 is 0 Å². The maximum atomic E-state index is 4.76. The van der Waals surface area contributed by atoms with E-state index < -0.39 is 0 Å². The summed E-state index contributed by atoms with van der Waals surface area (Å²) in [5, 5.41) is 0. The van der Waals surface area contributed by atoms with E-state index in [-0.39, 0.29) is 11.0 Å². The largest absolute Gasteiger partial charge is 0.0936 e. The lowest BCUT2D eigenvalue weighted by atomic mass is 11.3. The predicted molar refractivity (Wildman–Crippen MR) is 27.4 cm³/mol. The van der Waals surface area contributed by atoms with Gasteiger partial charge in [-0.25, -0.2) is 0 Å². The highest BCUT2D eigenvalue weighted by molar-refractivity contribution is 6.25. The van der Waals surface area contributed by atoms with Gasteiger partial charge in [-0.2, -0.15) is 0 Å². The molecule has 0 aliphatic rings. The van der Waals surface area contributed by atoms with Gasteiger partial charge in [-0.1, -0.05) is 18.2 Å². The van der Waals surface area contributed by atoms with Gasteiger partial charge in [0.1, 0.15) is 0 Å². The Balaban J connectivity index is 0. The average Bonchev–Trinajstić information content (AvgIpc) is 0.918. The molecule has 0 heterocycles. The third-order valence-electron chi connectivity index (χ3n) is 0. The van der Waals surface area contributed by atoms with Gasteiger partial charge < -0.3 is 0 Å². The second kappa shape index (κ2) is 10.5. The fraction of sp³-hybridized carbons (Fsp3) is 0. The summed E-state index contributed by atoms with van der Waals surface area (Å²) >= 11 is 4.76. The fourth-order valence-electron chi connectivity index (χ4n) is 0. The van der Waals surface area contributed by atoms with Crippen LogP contribution < -0.4 is 0 Å². The van der Waals surface area contributed by atoms with Crippen LogP contribution in [0, 0.1) is 0 Å². The van der Waals surface area contributed by atoms with Gasteiger partial charge in [-0.15, -0.1) is 0 Å². The second-order valence-electron chi connectivity index (χ2n) is 0.154. The number of hydrogen-bond acceptors (Lipinski definition) is 0. The standard InChI is InChI=1S/C2H3Cl.H4Si/c1-2-3;/h2H,1H2;1H4. The summed E-state index contributed by atoms with van der Waals surface area (Å²) in [4.78, 5) is 0. The third-order valence-corrected chi connectivity index (χ3v) is 0. The van der Waals surface area contributed by atoms with E-state index in [4.69, 9.17) is 11.6 Å². The molecule has 0 saturated heterocycles. The SMILES string of the molecule is C=CCl.[SiH4]. The summed E-state index contributed by atoms with van der Waals surface area (Å²) in [5.41, 5.74) is 1.22. The van der Waals surface area contributed by atoms with E-state index in [0.717, 1.165) is 0 Å². The number of halogens is 1. The van der Waals surface area contributed by atoms with Crippen molar-refractivity contribution in [1.29, 1.82) is 0 Å². The van der Waals surface area contributed by atoms with E-state index >= 15 is 0 Å². The van der Waals surface area contributed by atoms with Crippen LogP contribution >= 0.6 is 11.6 Å². The molecule has 0 radical (unpaired) electrons. The van der Waals surface area contributed by atoms with E-state index in [1.165, 1.54) is 5.54 Å². The molecule has 0 fully saturated rings. The van der Waals surface area contributed by atoms with Crippen molar-refractivity contribution in [2.24, 2.45) is 0 Å².